The molecule has 0 aliphatic rings. The first-order chi connectivity index (χ1) is 4.43. The van der Waals surface area contributed by atoms with Crippen LogP contribution < -0.4 is 0 Å². The molecule has 1 aromatic rings. The Morgan fingerprint density at radius 1 is 1.44 bits per heavy atom. The van der Waals surface area contributed by atoms with Gasteiger partial charge >= 0.3 is 0 Å². The Kier molecular flexibility index (Phi) is 1.90. The summed E-state index contributed by atoms with van der Waals surface area (Å²) in [7, 11) is 0. The Morgan fingerprint density at radius 3 is 2.67 bits per heavy atom. The summed E-state index contributed by atoms with van der Waals surface area (Å²) >= 11 is 0. The second-order valence-corrected chi connectivity index (χ2v) is 1.44. The molecule has 1 aromatic heterocycles. The molecule has 0 N–H and O–H groups in total. The van der Waals surface area contributed by atoms with E-state index in [0.29, 0.717) is 5.95 Å². The molecule has 0 amide bonds. The molecule has 0 radical (unpaired) electrons. The molecule has 1 heterocycles. The molecule has 0 saturated carbocycles. The van der Waals surface area contributed by atoms with E-state index >= 15 is 0 Å². The lowest BCUT2D eigenvalue weighted by molar-refractivity contribution is 1.14. The van der Waals surface area contributed by atoms with Crippen LogP contribution in [0.25, 0.3) is 0 Å². The van der Waals surface area contributed by atoms with E-state index in [1.165, 1.54) is 0 Å². The highest BCUT2D eigenvalue weighted by atomic mass is 15.0. The fraction of sp³-hybridized carbons (Fsp3) is 0.167. The number of hydrogen-bond donors (Lipinski definition) is 0. The van der Waals surface area contributed by atoms with Crippen LogP contribution in [0.4, 0.5) is 5.95 Å². The summed E-state index contributed by atoms with van der Waals surface area (Å²) in [5.41, 5.74) is 0. The number of aliphatic imine (C=N–C) groups is 1. The van der Waals surface area contributed by atoms with Gasteiger partial charge < -0.3 is 0 Å². The van der Waals surface area contributed by atoms with Crippen LogP contribution in [0.3, 0.4) is 0 Å². The number of nitrogens with zero attached hydrogens (tertiary/aromatic N) is 3. The van der Waals surface area contributed by atoms with Crippen molar-refractivity contribution >= 4 is 12.2 Å². The van der Waals surface area contributed by atoms with Gasteiger partial charge in [-0.05, 0) is 13.0 Å². The van der Waals surface area contributed by atoms with Crippen molar-refractivity contribution in [3.05, 3.63) is 18.5 Å². The predicted molar refractivity (Wildman–Crippen MR) is 35.9 cm³/mol. The lowest BCUT2D eigenvalue weighted by Gasteiger charge is -1.84. The van der Waals surface area contributed by atoms with Crippen molar-refractivity contribution in [3.8, 4) is 0 Å². The summed E-state index contributed by atoms with van der Waals surface area (Å²) in [5.74, 6) is 0.514. The van der Waals surface area contributed by atoms with Crippen LogP contribution in [0, 0.1) is 0 Å². The molecule has 46 valence electrons. The van der Waals surface area contributed by atoms with Crippen LogP contribution in [-0.2, 0) is 0 Å². The Balaban J connectivity index is 2.85. The second-order valence-electron chi connectivity index (χ2n) is 1.44. The zero-order valence-electron chi connectivity index (χ0n) is 5.15. The number of hydrogen-bond acceptors (Lipinski definition) is 3. The Bertz CT molecular complexity index is 193. The van der Waals surface area contributed by atoms with Crippen molar-refractivity contribution < 1.29 is 0 Å². The monoisotopic (exact) mass is 121 g/mol. The van der Waals surface area contributed by atoms with Gasteiger partial charge in [0.15, 0.2) is 0 Å². The molecule has 0 bridgehead atoms. The molecule has 0 saturated heterocycles. The van der Waals surface area contributed by atoms with Crippen molar-refractivity contribution in [1.29, 1.82) is 0 Å². The smallest absolute Gasteiger partial charge is 0.224 e. The molecule has 0 unspecified atom stereocenters. The minimum absolute atomic E-state index is 0.514. The van der Waals surface area contributed by atoms with E-state index in [9.17, 15) is 0 Å². The van der Waals surface area contributed by atoms with Gasteiger partial charge in [0, 0.05) is 18.6 Å². The van der Waals surface area contributed by atoms with Crippen molar-refractivity contribution in [1.82, 2.24) is 9.97 Å². The lowest BCUT2D eigenvalue weighted by Crippen LogP contribution is -1.75. The molecule has 9 heavy (non-hydrogen) atoms. The quantitative estimate of drug-likeness (QED) is 0.523. The average molecular weight is 121 g/mol. The van der Waals surface area contributed by atoms with Crippen LogP contribution in [-0.4, -0.2) is 16.2 Å². The highest BCUT2D eigenvalue weighted by molar-refractivity contribution is 5.56. The normalized spacial score (nSPS) is 10.3. The van der Waals surface area contributed by atoms with E-state index in [1.807, 2.05) is 6.92 Å². The first-order valence-electron chi connectivity index (χ1n) is 2.69. The maximum absolute atomic E-state index is 3.86. The van der Waals surface area contributed by atoms with Gasteiger partial charge in [0.25, 0.3) is 0 Å². The van der Waals surface area contributed by atoms with E-state index in [1.54, 1.807) is 24.7 Å². The molecule has 0 aromatic carbocycles. The summed E-state index contributed by atoms with van der Waals surface area (Å²) < 4.78 is 0. The van der Waals surface area contributed by atoms with Crippen LogP contribution in [0.5, 0.6) is 0 Å². The third kappa shape index (κ3) is 1.60. The molecule has 0 aliphatic carbocycles. The first-order valence-corrected chi connectivity index (χ1v) is 2.69. The maximum Gasteiger partial charge on any atom is 0.248 e. The fourth-order valence-electron chi connectivity index (χ4n) is 0.473. The predicted octanol–water partition coefficient (Wildman–Crippen LogP) is 1.20. The van der Waals surface area contributed by atoms with Crippen molar-refractivity contribution in [2.75, 3.05) is 0 Å². The number of rotatable bonds is 1. The van der Waals surface area contributed by atoms with Gasteiger partial charge in [-0.25, -0.2) is 15.0 Å². The van der Waals surface area contributed by atoms with Gasteiger partial charge in [-0.15, -0.1) is 0 Å². The molecule has 0 aliphatic heterocycles. The summed E-state index contributed by atoms with van der Waals surface area (Å²) in [6.45, 7) is 1.83. The zero-order valence-corrected chi connectivity index (χ0v) is 5.15. The Hall–Kier alpha value is -1.25. The molecule has 0 atom stereocenters. The van der Waals surface area contributed by atoms with Crippen molar-refractivity contribution in [2.45, 2.75) is 6.92 Å². The first kappa shape index (κ1) is 5.88. The van der Waals surface area contributed by atoms with Crippen LogP contribution in [0.15, 0.2) is 23.5 Å². The van der Waals surface area contributed by atoms with Gasteiger partial charge in [-0.1, -0.05) is 0 Å². The summed E-state index contributed by atoms with van der Waals surface area (Å²) in [6.07, 6.45) is 4.99. The highest BCUT2D eigenvalue weighted by Gasteiger charge is 1.82. The van der Waals surface area contributed by atoms with E-state index < -0.39 is 0 Å². The van der Waals surface area contributed by atoms with E-state index in [2.05, 4.69) is 15.0 Å². The molecular weight excluding hydrogens is 114 g/mol. The van der Waals surface area contributed by atoms with E-state index in [4.69, 9.17) is 0 Å². The van der Waals surface area contributed by atoms with Gasteiger partial charge in [0.2, 0.25) is 5.95 Å². The van der Waals surface area contributed by atoms with Crippen LogP contribution in [0.1, 0.15) is 6.92 Å². The fourth-order valence-corrected chi connectivity index (χ4v) is 0.473. The van der Waals surface area contributed by atoms with Gasteiger partial charge in [0.05, 0.1) is 0 Å². The number of aromatic nitrogens is 2. The maximum atomic E-state index is 3.86. The zero-order chi connectivity index (χ0) is 6.53. The molecular formula is C6H7N3. The van der Waals surface area contributed by atoms with Crippen molar-refractivity contribution in [2.24, 2.45) is 4.99 Å². The van der Waals surface area contributed by atoms with Crippen LogP contribution >= 0.6 is 0 Å². The largest absolute Gasteiger partial charge is 0.248 e. The minimum atomic E-state index is 0.514. The molecule has 0 fully saturated rings. The minimum Gasteiger partial charge on any atom is -0.224 e. The van der Waals surface area contributed by atoms with E-state index in [0.717, 1.165) is 0 Å². The standard InChI is InChI=1S/C6H7N3/c1-2-7-6-8-4-3-5-9-6/h2-5H,1H3/b7-2+. The lowest BCUT2D eigenvalue weighted by atomic mass is 10.7. The summed E-state index contributed by atoms with van der Waals surface area (Å²) in [5, 5.41) is 0. The Labute approximate surface area is 53.5 Å². The van der Waals surface area contributed by atoms with Gasteiger partial charge in [0.1, 0.15) is 0 Å². The van der Waals surface area contributed by atoms with Crippen molar-refractivity contribution in [3.63, 3.8) is 0 Å². The highest BCUT2D eigenvalue weighted by Crippen LogP contribution is 1.96. The topological polar surface area (TPSA) is 38.1 Å². The average Bonchev–Trinajstić information content (AvgIpc) is 1.91. The molecule has 3 heteroatoms. The molecule has 1 rings (SSSR count). The summed E-state index contributed by atoms with van der Waals surface area (Å²) in [4.78, 5) is 11.6. The third-order valence-electron chi connectivity index (χ3n) is 0.797. The molecule has 0 spiro atoms. The third-order valence-corrected chi connectivity index (χ3v) is 0.797. The van der Waals surface area contributed by atoms with Crippen LogP contribution in [0.2, 0.25) is 0 Å². The van der Waals surface area contributed by atoms with Gasteiger partial charge in [-0.2, -0.15) is 0 Å². The van der Waals surface area contributed by atoms with E-state index in [-0.39, 0.29) is 0 Å². The SMILES string of the molecule is C/C=N/c1ncccn1. The molecule has 3 nitrogen and oxygen atoms in total. The second kappa shape index (κ2) is 2.91. The van der Waals surface area contributed by atoms with Gasteiger partial charge in [-0.3, -0.25) is 0 Å². The Morgan fingerprint density at radius 2 is 2.11 bits per heavy atom. The summed E-state index contributed by atoms with van der Waals surface area (Å²) in [6, 6.07) is 1.76.